The van der Waals surface area contributed by atoms with Gasteiger partial charge in [-0.15, -0.1) is 0 Å². The molecule has 1 spiro atoms. The van der Waals surface area contributed by atoms with Crippen molar-refractivity contribution >= 4 is 5.97 Å². The molecule has 1 heterocycles. The molecule has 1 N–H and O–H groups in total. The van der Waals surface area contributed by atoms with E-state index in [1.807, 2.05) is 0 Å². The van der Waals surface area contributed by atoms with Crippen LogP contribution in [-0.4, -0.2) is 46.8 Å². The number of hydrogen-bond donors (Lipinski definition) is 1. The van der Waals surface area contributed by atoms with Gasteiger partial charge < -0.3 is 9.84 Å². The van der Waals surface area contributed by atoms with Crippen molar-refractivity contribution in [3.8, 4) is 0 Å². The molecule has 0 bridgehead atoms. The zero-order valence-corrected chi connectivity index (χ0v) is 12.9. The molecule has 20 heavy (non-hydrogen) atoms. The van der Waals surface area contributed by atoms with E-state index in [4.69, 9.17) is 4.74 Å². The van der Waals surface area contributed by atoms with E-state index in [9.17, 15) is 9.90 Å². The Hall–Kier alpha value is -0.610. The molecule has 1 saturated carbocycles. The minimum absolute atomic E-state index is 0.0470. The molecule has 2 fully saturated rings. The summed E-state index contributed by atoms with van der Waals surface area (Å²) in [6.07, 6.45) is 9.14. The smallest absolute Gasteiger partial charge is 0.317 e. The lowest BCUT2D eigenvalue weighted by Crippen LogP contribution is -2.53. The number of rotatable bonds is 5. The van der Waals surface area contributed by atoms with Gasteiger partial charge in [-0.2, -0.15) is 0 Å². The van der Waals surface area contributed by atoms with Crippen molar-refractivity contribution in [1.29, 1.82) is 0 Å². The molecule has 116 valence electrons. The summed E-state index contributed by atoms with van der Waals surface area (Å²) >= 11 is 0. The number of hydrogen-bond acceptors (Lipinski definition) is 3. The van der Waals surface area contributed by atoms with Crippen molar-refractivity contribution in [2.24, 2.45) is 0 Å². The van der Waals surface area contributed by atoms with Crippen LogP contribution in [0.2, 0.25) is 0 Å². The van der Waals surface area contributed by atoms with Crippen LogP contribution in [0.3, 0.4) is 0 Å². The second kappa shape index (κ2) is 6.90. The van der Waals surface area contributed by atoms with Crippen molar-refractivity contribution in [3.05, 3.63) is 0 Å². The Kier molecular flexibility index (Phi) is 5.44. The van der Waals surface area contributed by atoms with Crippen LogP contribution in [-0.2, 0) is 9.53 Å². The van der Waals surface area contributed by atoms with Gasteiger partial charge in [0, 0.05) is 18.7 Å². The molecule has 4 heteroatoms. The first-order chi connectivity index (χ1) is 9.56. The number of carbonyl (C=O) groups is 1. The minimum atomic E-state index is -0.713. The largest absolute Gasteiger partial charge is 0.480 e. The second-order valence-corrected chi connectivity index (χ2v) is 6.56. The third-order valence-corrected chi connectivity index (χ3v) is 5.18. The standard InChI is InChI=1S/C16H29NO3/c1-3-13(2)17(12-15(18)19)14-7-10-20-16(11-14)8-5-4-6-9-16/h13-14H,3-12H2,1-2H3,(H,18,19). The van der Waals surface area contributed by atoms with Gasteiger partial charge in [0.25, 0.3) is 0 Å². The first-order valence-corrected chi connectivity index (χ1v) is 8.18. The van der Waals surface area contributed by atoms with Gasteiger partial charge >= 0.3 is 5.97 Å². The minimum Gasteiger partial charge on any atom is -0.480 e. The van der Waals surface area contributed by atoms with Gasteiger partial charge in [0.2, 0.25) is 0 Å². The first kappa shape index (κ1) is 15.8. The highest BCUT2D eigenvalue weighted by atomic mass is 16.5. The maximum atomic E-state index is 11.2. The molecule has 0 amide bonds. The Morgan fingerprint density at radius 3 is 2.70 bits per heavy atom. The highest BCUT2D eigenvalue weighted by Crippen LogP contribution is 2.40. The van der Waals surface area contributed by atoms with Crippen molar-refractivity contribution in [2.45, 2.75) is 82.9 Å². The van der Waals surface area contributed by atoms with Gasteiger partial charge in [0.1, 0.15) is 0 Å². The van der Waals surface area contributed by atoms with Crippen molar-refractivity contribution in [2.75, 3.05) is 13.2 Å². The van der Waals surface area contributed by atoms with E-state index in [2.05, 4.69) is 18.7 Å². The van der Waals surface area contributed by atoms with E-state index in [0.717, 1.165) is 38.7 Å². The maximum absolute atomic E-state index is 11.2. The average molecular weight is 283 g/mol. The average Bonchev–Trinajstić information content (AvgIpc) is 2.44. The third kappa shape index (κ3) is 3.73. The third-order valence-electron chi connectivity index (χ3n) is 5.18. The number of ether oxygens (including phenoxy) is 1. The predicted molar refractivity (Wildman–Crippen MR) is 78.9 cm³/mol. The summed E-state index contributed by atoms with van der Waals surface area (Å²) in [6.45, 7) is 5.23. The van der Waals surface area contributed by atoms with Crippen molar-refractivity contribution in [1.82, 2.24) is 4.90 Å². The summed E-state index contributed by atoms with van der Waals surface area (Å²) in [6, 6.07) is 0.697. The van der Waals surface area contributed by atoms with Gasteiger partial charge in [-0.3, -0.25) is 9.69 Å². The number of carboxylic acid groups (broad SMARTS) is 1. The second-order valence-electron chi connectivity index (χ2n) is 6.56. The molecule has 2 aliphatic rings. The maximum Gasteiger partial charge on any atom is 0.317 e. The first-order valence-electron chi connectivity index (χ1n) is 8.18. The fourth-order valence-corrected chi connectivity index (χ4v) is 3.87. The van der Waals surface area contributed by atoms with E-state index in [0.29, 0.717) is 12.1 Å². The lowest BCUT2D eigenvalue weighted by Gasteiger charge is -2.47. The summed E-state index contributed by atoms with van der Waals surface area (Å²) in [5.74, 6) is -0.713. The fraction of sp³-hybridized carbons (Fsp3) is 0.938. The van der Waals surface area contributed by atoms with Crippen LogP contribution in [0.4, 0.5) is 0 Å². The fourth-order valence-electron chi connectivity index (χ4n) is 3.87. The molecule has 0 aromatic heterocycles. The van der Waals surface area contributed by atoms with Crippen LogP contribution in [0.25, 0.3) is 0 Å². The van der Waals surface area contributed by atoms with Gasteiger partial charge in [-0.1, -0.05) is 26.2 Å². The normalized spacial score (nSPS) is 27.6. The molecule has 2 atom stereocenters. The van der Waals surface area contributed by atoms with E-state index in [1.54, 1.807) is 0 Å². The number of aliphatic carboxylic acids is 1. The van der Waals surface area contributed by atoms with Gasteiger partial charge in [0.15, 0.2) is 0 Å². The monoisotopic (exact) mass is 283 g/mol. The lowest BCUT2D eigenvalue weighted by atomic mass is 9.77. The van der Waals surface area contributed by atoms with Crippen LogP contribution in [0.15, 0.2) is 0 Å². The predicted octanol–water partition coefficient (Wildman–Crippen LogP) is 3.05. The topological polar surface area (TPSA) is 49.8 Å². The molecule has 4 nitrogen and oxygen atoms in total. The Bertz CT molecular complexity index is 320. The summed E-state index contributed by atoms with van der Waals surface area (Å²) in [5.41, 5.74) is 0.0470. The SMILES string of the molecule is CCC(C)N(CC(=O)O)C1CCOC2(CCCCC2)C1. The van der Waals surface area contributed by atoms with Crippen LogP contribution >= 0.6 is 0 Å². The summed E-state index contributed by atoms with van der Waals surface area (Å²) < 4.78 is 6.13. The molecule has 1 saturated heterocycles. The summed E-state index contributed by atoms with van der Waals surface area (Å²) in [4.78, 5) is 13.4. The van der Waals surface area contributed by atoms with Gasteiger partial charge in [-0.25, -0.2) is 0 Å². The molecule has 0 aromatic rings. The number of nitrogens with zero attached hydrogens (tertiary/aromatic N) is 1. The number of carboxylic acids is 1. The Morgan fingerprint density at radius 1 is 1.40 bits per heavy atom. The quantitative estimate of drug-likeness (QED) is 0.842. The Morgan fingerprint density at radius 2 is 2.10 bits per heavy atom. The molecule has 2 rings (SSSR count). The van der Waals surface area contributed by atoms with E-state index >= 15 is 0 Å². The molecule has 0 radical (unpaired) electrons. The van der Waals surface area contributed by atoms with Crippen LogP contribution in [0.1, 0.15) is 65.2 Å². The van der Waals surface area contributed by atoms with E-state index in [1.165, 1.54) is 19.3 Å². The van der Waals surface area contributed by atoms with E-state index in [-0.39, 0.29) is 12.1 Å². The van der Waals surface area contributed by atoms with Crippen molar-refractivity contribution < 1.29 is 14.6 Å². The lowest BCUT2D eigenvalue weighted by molar-refractivity contribution is -0.147. The van der Waals surface area contributed by atoms with Gasteiger partial charge in [0.05, 0.1) is 12.1 Å². The van der Waals surface area contributed by atoms with E-state index < -0.39 is 5.97 Å². The molecular weight excluding hydrogens is 254 g/mol. The Balaban J connectivity index is 2.05. The molecule has 2 unspecified atom stereocenters. The zero-order chi connectivity index (χ0) is 14.6. The zero-order valence-electron chi connectivity index (χ0n) is 12.9. The molecule has 1 aliphatic carbocycles. The van der Waals surface area contributed by atoms with Crippen LogP contribution < -0.4 is 0 Å². The highest BCUT2D eigenvalue weighted by molar-refractivity contribution is 5.69. The summed E-state index contributed by atoms with van der Waals surface area (Å²) in [7, 11) is 0. The van der Waals surface area contributed by atoms with Gasteiger partial charge in [-0.05, 0) is 39.0 Å². The highest BCUT2D eigenvalue weighted by Gasteiger charge is 2.41. The Labute approximate surface area is 122 Å². The van der Waals surface area contributed by atoms with Crippen LogP contribution in [0, 0.1) is 0 Å². The van der Waals surface area contributed by atoms with Crippen molar-refractivity contribution in [3.63, 3.8) is 0 Å². The molecule has 0 aromatic carbocycles. The molecular formula is C16H29NO3. The van der Waals surface area contributed by atoms with Crippen LogP contribution in [0.5, 0.6) is 0 Å². The summed E-state index contributed by atoms with van der Waals surface area (Å²) in [5, 5.41) is 9.19. The molecule has 1 aliphatic heterocycles.